The van der Waals surface area contributed by atoms with Gasteiger partial charge in [0.1, 0.15) is 17.6 Å². The van der Waals surface area contributed by atoms with Crippen molar-refractivity contribution in [2.75, 3.05) is 19.6 Å². The Balaban J connectivity index is 1.56. The highest BCUT2D eigenvalue weighted by Crippen LogP contribution is 2.43. The lowest BCUT2D eigenvalue weighted by Gasteiger charge is -2.39. The van der Waals surface area contributed by atoms with Gasteiger partial charge in [-0.05, 0) is 18.6 Å². The fourth-order valence-electron chi connectivity index (χ4n) is 4.22. The molecule has 2 aliphatic rings. The molecule has 4 heterocycles. The average molecular weight is 438 g/mol. The third-order valence-electron chi connectivity index (χ3n) is 5.76. The number of fused-ring (bicyclic) bond motifs is 5. The second-order valence-electron chi connectivity index (χ2n) is 7.69. The normalized spacial score (nSPS) is 16.8. The minimum absolute atomic E-state index is 0.240. The lowest BCUT2D eigenvalue weighted by atomic mass is 9.97. The van der Waals surface area contributed by atoms with Gasteiger partial charge in [0.15, 0.2) is 11.6 Å². The molecule has 32 heavy (non-hydrogen) atoms. The van der Waals surface area contributed by atoms with Crippen LogP contribution in [-0.4, -0.2) is 55.0 Å². The van der Waals surface area contributed by atoms with E-state index in [9.17, 15) is 13.6 Å². The van der Waals surface area contributed by atoms with E-state index in [1.54, 1.807) is 16.7 Å². The molecule has 1 saturated heterocycles. The monoisotopic (exact) mass is 438 g/mol. The van der Waals surface area contributed by atoms with E-state index in [1.165, 1.54) is 17.3 Å². The van der Waals surface area contributed by atoms with Crippen LogP contribution < -0.4 is 0 Å². The summed E-state index contributed by atoms with van der Waals surface area (Å²) in [6, 6.07) is 2.06. The summed E-state index contributed by atoms with van der Waals surface area (Å²) in [6.07, 6.45) is 5.70. The van der Waals surface area contributed by atoms with Gasteiger partial charge in [-0.1, -0.05) is 17.3 Å². The van der Waals surface area contributed by atoms with E-state index in [0.29, 0.717) is 49.9 Å². The van der Waals surface area contributed by atoms with Crippen LogP contribution in [0, 0.1) is 11.6 Å². The van der Waals surface area contributed by atoms with Crippen molar-refractivity contribution >= 4 is 5.91 Å². The van der Waals surface area contributed by atoms with Crippen LogP contribution in [0.2, 0.25) is 0 Å². The molecule has 1 atom stereocenters. The van der Waals surface area contributed by atoms with E-state index < -0.39 is 17.5 Å². The number of rotatable bonds is 7. The third-order valence-corrected chi connectivity index (χ3v) is 5.76. The van der Waals surface area contributed by atoms with Crippen LogP contribution in [0.15, 0.2) is 48.3 Å². The number of imidazole rings is 1. The lowest BCUT2D eigenvalue weighted by Crippen LogP contribution is -2.45. The highest BCUT2D eigenvalue weighted by Gasteiger charge is 2.43. The number of amides is 1. The molecule has 8 nitrogen and oxygen atoms in total. The topological polar surface area (TPSA) is 80.3 Å². The van der Waals surface area contributed by atoms with Gasteiger partial charge in [0.2, 0.25) is 11.7 Å². The maximum Gasteiger partial charge on any atom is 0.259 e. The Morgan fingerprint density at radius 1 is 1.25 bits per heavy atom. The zero-order valence-corrected chi connectivity index (χ0v) is 17.2. The largest absolute Gasteiger partial charge is 0.337 e. The minimum atomic E-state index is -1.16. The van der Waals surface area contributed by atoms with Crippen molar-refractivity contribution in [2.45, 2.75) is 19.0 Å². The van der Waals surface area contributed by atoms with E-state index in [-0.39, 0.29) is 23.1 Å². The van der Waals surface area contributed by atoms with Gasteiger partial charge in [-0.15, -0.1) is 13.2 Å². The molecule has 2 aliphatic heterocycles. The maximum atomic E-state index is 14.6. The van der Waals surface area contributed by atoms with Crippen LogP contribution in [0.3, 0.4) is 0 Å². The van der Waals surface area contributed by atoms with Crippen LogP contribution in [0.5, 0.6) is 0 Å². The van der Waals surface area contributed by atoms with Crippen molar-refractivity contribution in [3.63, 3.8) is 0 Å². The molecule has 0 N–H and O–H groups in total. The number of hydrogen-bond donors (Lipinski definition) is 0. The molecule has 1 fully saturated rings. The first kappa shape index (κ1) is 20.3. The van der Waals surface area contributed by atoms with Gasteiger partial charge in [0.05, 0.1) is 24.0 Å². The van der Waals surface area contributed by atoms with Crippen molar-refractivity contribution in [1.82, 2.24) is 29.5 Å². The molecule has 164 valence electrons. The molecule has 1 amide bonds. The highest BCUT2D eigenvalue weighted by atomic mass is 19.2. The van der Waals surface area contributed by atoms with Crippen molar-refractivity contribution in [3.8, 4) is 17.2 Å². The summed E-state index contributed by atoms with van der Waals surface area (Å²) in [7, 11) is 0. The third kappa shape index (κ3) is 3.06. The zero-order valence-electron chi connectivity index (χ0n) is 17.2. The zero-order chi connectivity index (χ0) is 22.4. The smallest absolute Gasteiger partial charge is 0.259 e. The highest BCUT2D eigenvalue weighted by molar-refractivity contribution is 5.99. The summed E-state index contributed by atoms with van der Waals surface area (Å²) in [4.78, 5) is 25.4. The molecule has 10 heteroatoms. The Labute approximate surface area is 182 Å². The molecular weight excluding hydrogens is 418 g/mol. The van der Waals surface area contributed by atoms with Crippen molar-refractivity contribution < 1.29 is 18.1 Å². The Kier molecular flexibility index (Phi) is 4.93. The van der Waals surface area contributed by atoms with Gasteiger partial charge in [0.25, 0.3) is 5.91 Å². The number of hydrogen-bond acceptors (Lipinski definition) is 6. The number of carbonyl (C=O) groups excluding carboxylic acids is 1. The molecule has 0 saturated carbocycles. The van der Waals surface area contributed by atoms with E-state index in [2.05, 4.69) is 28.3 Å². The Morgan fingerprint density at radius 2 is 2.03 bits per heavy atom. The van der Waals surface area contributed by atoms with Crippen LogP contribution in [0.4, 0.5) is 8.78 Å². The molecule has 0 bridgehead atoms. The Hall–Kier alpha value is -3.66. The molecule has 0 radical (unpaired) electrons. The second-order valence-corrected chi connectivity index (χ2v) is 7.69. The number of aromatic nitrogens is 4. The van der Waals surface area contributed by atoms with E-state index in [0.717, 1.165) is 6.07 Å². The fraction of sp³-hybridized carbons (Fsp3) is 0.273. The predicted molar refractivity (Wildman–Crippen MR) is 111 cm³/mol. The molecule has 0 unspecified atom stereocenters. The Morgan fingerprint density at radius 3 is 2.72 bits per heavy atom. The van der Waals surface area contributed by atoms with Crippen LogP contribution in [0.1, 0.15) is 34.4 Å². The van der Waals surface area contributed by atoms with Crippen LogP contribution in [0.25, 0.3) is 17.2 Å². The van der Waals surface area contributed by atoms with E-state index >= 15 is 0 Å². The summed E-state index contributed by atoms with van der Waals surface area (Å²) < 4.78 is 35.5. The molecule has 0 spiro atoms. The summed E-state index contributed by atoms with van der Waals surface area (Å²) in [5.74, 6) is -2.09. The van der Waals surface area contributed by atoms with Gasteiger partial charge in [-0.25, -0.2) is 13.8 Å². The number of benzene rings is 1. The average Bonchev–Trinajstić information content (AvgIpc) is 3.35. The van der Waals surface area contributed by atoms with Gasteiger partial charge in [0, 0.05) is 19.6 Å². The van der Waals surface area contributed by atoms with Crippen molar-refractivity contribution in [2.24, 2.45) is 0 Å². The summed E-state index contributed by atoms with van der Waals surface area (Å²) >= 11 is 0. The van der Waals surface area contributed by atoms with Crippen molar-refractivity contribution in [3.05, 3.63) is 72.6 Å². The molecule has 1 aromatic carbocycles. The summed E-state index contributed by atoms with van der Waals surface area (Å²) in [5.41, 5.74) is 1.04. The van der Waals surface area contributed by atoms with Crippen LogP contribution in [-0.2, 0) is 6.54 Å². The maximum absolute atomic E-state index is 14.6. The predicted octanol–water partition coefficient (Wildman–Crippen LogP) is 3.28. The van der Waals surface area contributed by atoms with Gasteiger partial charge >= 0.3 is 0 Å². The van der Waals surface area contributed by atoms with Crippen LogP contribution >= 0.6 is 0 Å². The first-order chi connectivity index (χ1) is 15.5. The SMILES string of the molecule is C=CCN(CC=C)Cc1nc(-c2ncn3c2[C@@H]2CCN2C(=O)c2c-3ccc(F)c2F)no1. The number of carbonyl (C=O) groups is 1. The van der Waals surface area contributed by atoms with E-state index in [1.807, 2.05) is 4.90 Å². The fourth-order valence-corrected chi connectivity index (χ4v) is 4.22. The number of halogens is 2. The number of nitrogens with zero attached hydrogens (tertiary/aromatic N) is 6. The quantitative estimate of drug-likeness (QED) is 0.527. The first-order valence-corrected chi connectivity index (χ1v) is 10.2. The minimum Gasteiger partial charge on any atom is -0.337 e. The van der Waals surface area contributed by atoms with E-state index in [4.69, 9.17) is 4.52 Å². The second kappa shape index (κ2) is 7.79. The molecule has 2 aromatic heterocycles. The molecule has 5 rings (SSSR count). The van der Waals surface area contributed by atoms with Gasteiger partial charge in [-0.3, -0.25) is 14.3 Å². The van der Waals surface area contributed by atoms with Gasteiger partial charge in [-0.2, -0.15) is 4.98 Å². The molecule has 0 aliphatic carbocycles. The Bertz CT molecular complexity index is 1220. The summed E-state index contributed by atoms with van der Waals surface area (Å²) in [6.45, 7) is 9.60. The van der Waals surface area contributed by atoms with Crippen molar-refractivity contribution in [1.29, 1.82) is 0 Å². The standard InChI is InChI=1S/C22H20F2N6O2/c1-3-8-28(9-4-2)11-16-26-21(27-32-16)19-20-15-7-10-29(15)22(31)17-14(30(20)12-25-19)6-5-13(23)18(17)24/h3-6,12,15H,1-2,7-11H2/t15-/m0/s1. The summed E-state index contributed by atoms with van der Waals surface area (Å²) in [5, 5.41) is 4.08. The van der Waals surface area contributed by atoms with Gasteiger partial charge < -0.3 is 9.42 Å². The first-order valence-electron chi connectivity index (χ1n) is 10.2. The molecule has 3 aromatic rings. The molecular formula is C22H20F2N6O2. The lowest BCUT2D eigenvalue weighted by molar-refractivity contribution is 0.0456.